The van der Waals surface area contributed by atoms with Gasteiger partial charge in [-0.25, -0.2) is 0 Å². The highest BCUT2D eigenvalue weighted by Gasteiger charge is 2.24. The Kier molecular flexibility index (Phi) is 4.53. The molecule has 1 amide bonds. The molecule has 6 heteroatoms. The third-order valence-electron chi connectivity index (χ3n) is 4.62. The first kappa shape index (κ1) is 16.9. The zero-order valence-corrected chi connectivity index (χ0v) is 15.4. The van der Waals surface area contributed by atoms with Crippen LogP contribution >= 0.6 is 11.3 Å². The summed E-state index contributed by atoms with van der Waals surface area (Å²) in [6.45, 7) is 3.30. The molecular formula is C20H20N4OS. The number of aryl methyl sites for hydroxylation is 1. The maximum absolute atomic E-state index is 12.8. The fourth-order valence-corrected chi connectivity index (χ4v) is 4.03. The topological polar surface area (TPSA) is 72.1 Å². The van der Waals surface area contributed by atoms with Gasteiger partial charge in [0, 0.05) is 30.3 Å². The maximum Gasteiger partial charge on any atom is 0.253 e. The van der Waals surface area contributed by atoms with Crippen LogP contribution in [0.25, 0.3) is 21.7 Å². The number of amides is 1. The Labute approximate surface area is 156 Å². The van der Waals surface area contributed by atoms with Gasteiger partial charge in [-0.2, -0.15) is 0 Å². The van der Waals surface area contributed by atoms with Crippen LogP contribution in [-0.2, 0) is 0 Å². The molecule has 0 saturated carbocycles. The summed E-state index contributed by atoms with van der Waals surface area (Å²) in [6.07, 6.45) is 0.866. The maximum atomic E-state index is 12.8. The van der Waals surface area contributed by atoms with Gasteiger partial charge in [-0.1, -0.05) is 47.7 Å². The van der Waals surface area contributed by atoms with E-state index in [1.807, 2.05) is 54.3 Å². The van der Waals surface area contributed by atoms with Crippen LogP contribution in [0, 0.1) is 6.92 Å². The molecule has 2 aromatic carbocycles. The molecule has 1 aliphatic heterocycles. The number of carbonyl (C=O) groups excluding carboxylic acids is 1. The van der Waals surface area contributed by atoms with E-state index in [0.717, 1.165) is 39.7 Å². The number of nitrogens with zero attached hydrogens (tertiary/aromatic N) is 3. The van der Waals surface area contributed by atoms with Crippen molar-refractivity contribution in [1.29, 1.82) is 0 Å². The molecule has 1 atom stereocenters. The predicted molar refractivity (Wildman–Crippen MR) is 104 cm³/mol. The van der Waals surface area contributed by atoms with E-state index in [2.05, 4.69) is 16.3 Å². The summed E-state index contributed by atoms with van der Waals surface area (Å²) in [5.74, 6) is 0.0454. The highest BCUT2D eigenvalue weighted by molar-refractivity contribution is 7.14. The molecule has 0 unspecified atom stereocenters. The van der Waals surface area contributed by atoms with Crippen LogP contribution in [0.5, 0.6) is 0 Å². The van der Waals surface area contributed by atoms with Crippen molar-refractivity contribution in [1.82, 2.24) is 15.1 Å². The second-order valence-electron chi connectivity index (χ2n) is 6.55. The summed E-state index contributed by atoms with van der Waals surface area (Å²) >= 11 is 1.57. The molecule has 1 saturated heterocycles. The molecule has 3 aromatic rings. The van der Waals surface area contributed by atoms with Gasteiger partial charge in [-0.05, 0) is 36.6 Å². The van der Waals surface area contributed by atoms with Gasteiger partial charge in [-0.3, -0.25) is 4.79 Å². The van der Waals surface area contributed by atoms with E-state index < -0.39 is 0 Å². The molecule has 1 aliphatic rings. The first-order valence-electron chi connectivity index (χ1n) is 8.66. The summed E-state index contributed by atoms with van der Waals surface area (Å²) < 4.78 is 0. The minimum absolute atomic E-state index is 0.0454. The number of rotatable bonds is 3. The first-order chi connectivity index (χ1) is 12.6. The van der Waals surface area contributed by atoms with E-state index in [9.17, 15) is 4.79 Å². The molecule has 4 rings (SSSR count). The van der Waals surface area contributed by atoms with Crippen molar-refractivity contribution in [3.05, 3.63) is 59.1 Å². The summed E-state index contributed by atoms with van der Waals surface area (Å²) in [5, 5.41) is 10.2. The van der Waals surface area contributed by atoms with E-state index in [-0.39, 0.29) is 11.9 Å². The highest BCUT2D eigenvalue weighted by Crippen LogP contribution is 2.34. The lowest BCUT2D eigenvalue weighted by Gasteiger charge is -2.16. The van der Waals surface area contributed by atoms with E-state index in [4.69, 9.17) is 5.73 Å². The van der Waals surface area contributed by atoms with Crippen molar-refractivity contribution in [2.45, 2.75) is 19.4 Å². The number of benzene rings is 2. The Hall–Kier alpha value is -2.57. The smallest absolute Gasteiger partial charge is 0.253 e. The molecule has 132 valence electrons. The Balaban J connectivity index is 1.70. The average Bonchev–Trinajstić information content (AvgIpc) is 3.29. The molecule has 5 nitrogen and oxygen atoms in total. The van der Waals surface area contributed by atoms with Crippen molar-refractivity contribution >= 4 is 17.2 Å². The van der Waals surface area contributed by atoms with E-state index >= 15 is 0 Å². The van der Waals surface area contributed by atoms with Crippen molar-refractivity contribution in [3.63, 3.8) is 0 Å². The van der Waals surface area contributed by atoms with E-state index in [1.54, 1.807) is 11.3 Å². The van der Waals surface area contributed by atoms with Gasteiger partial charge >= 0.3 is 0 Å². The van der Waals surface area contributed by atoms with Crippen LogP contribution in [0.15, 0.2) is 48.5 Å². The molecule has 0 aliphatic carbocycles. The molecule has 0 bridgehead atoms. The molecule has 0 radical (unpaired) electrons. The summed E-state index contributed by atoms with van der Waals surface area (Å²) in [7, 11) is 0. The van der Waals surface area contributed by atoms with Crippen molar-refractivity contribution in [3.8, 4) is 21.7 Å². The predicted octanol–water partition coefficient (Wildman–Crippen LogP) is 3.35. The third-order valence-corrected chi connectivity index (χ3v) is 5.49. The van der Waals surface area contributed by atoms with Crippen molar-refractivity contribution < 1.29 is 4.79 Å². The lowest BCUT2D eigenvalue weighted by Crippen LogP contribution is -2.31. The van der Waals surface area contributed by atoms with Crippen molar-refractivity contribution in [2.75, 3.05) is 13.1 Å². The van der Waals surface area contributed by atoms with Gasteiger partial charge in [0.2, 0.25) is 0 Å². The fraction of sp³-hybridized carbons (Fsp3) is 0.250. The molecule has 0 spiro atoms. The van der Waals surface area contributed by atoms with Gasteiger partial charge in [0.1, 0.15) is 10.0 Å². The summed E-state index contributed by atoms with van der Waals surface area (Å²) in [4.78, 5) is 14.6. The Morgan fingerprint density at radius 1 is 1.15 bits per heavy atom. The summed E-state index contributed by atoms with van der Waals surface area (Å²) in [6, 6.07) is 16.0. The van der Waals surface area contributed by atoms with Gasteiger partial charge in [0.25, 0.3) is 5.91 Å². The normalized spacial score (nSPS) is 16.8. The number of nitrogens with two attached hydrogens (primary N) is 1. The first-order valence-corrected chi connectivity index (χ1v) is 9.48. The fourth-order valence-electron chi connectivity index (χ4n) is 3.30. The van der Waals surface area contributed by atoms with Crippen LogP contribution in [-0.4, -0.2) is 40.1 Å². The quantitative estimate of drug-likeness (QED) is 0.773. The van der Waals surface area contributed by atoms with Gasteiger partial charge in [0.15, 0.2) is 0 Å². The minimum Gasteiger partial charge on any atom is -0.337 e. The van der Waals surface area contributed by atoms with Crippen LogP contribution < -0.4 is 5.73 Å². The Morgan fingerprint density at radius 3 is 2.65 bits per heavy atom. The second kappa shape index (κ2) is 6.97. The third kappa shape index (κ3) is 3.25. The number of likely N-dealkylation sites (tertiary alicyclic amines) is 1. The largest absolute Gasteiger partial charge is 0.337 e. The highest BCUT2D eigenvalue weighted by atomic mass is 32.1. The number of hydrogen-bond acceptors (Lipinski definition) is 5. The van der Waals surface area contributed by atoms with Crippen LogP contribution in [0.2, 0.25) is 0 Å². The summed E-state index contributed by atoms with van der Waals surface area (Å²) in [5.41, 5.74) is 9.72. The molecule has 2 heterocycles. The van der Waals surface area contributed by atoms with Crippen LogP contribution in [0.3, 0.4) is 0 Å². The zero-order chi connectivity index (χ0) is 18.1. The zero-order valence-electron chi connectivity index (χ0n) is 14.6. The molecule has 1 aromatic heterocycles. The van der Waals surface area contributed by atoms with E-state index in [1.165, 1.54) is 0 Å². The number of aromatic nitrogens is 2. The molecule has 26 heavy (non-hydrogen) atoms. The molecular weight excluding hydrogens is 344 g/mol. The minimum atomic E-state index is 0.0454. The van der Waals surface area contributed by atoms with Crippen molar-refractivity contribution in [2.24, 2.45) is 5.73 Å². The standard InChI is InChI=1S/C20H20N4OS/c1-13-22-23-19(26-13)18-8-3-2-7-17(18)14-5-4-6-15(11-14)20(25)24-10-9-16(21)12-24/h2-8,11,16H,9-10,12,21H2,1H3/t16-/m1/s1. The lowest BCUT2D eigenvalue weighted by atomic mass is 9.98. The van der Waals surface area contributed by atoms with Gasteiger partial charge in [0.05, 0.1) is 0 Å². The monoisotopic (exact) mass is 364 g/mol. The second-order valence-corrected chi connectivity index (χ2v) is 7.73. The lowest BCUT2D eigenvalue weighted by molar-refractivity contribution is 0.0791. The van der Waals surface area contributed by atoms with Crippen LogP contribution in [0.4, 0.5) is 0 Å². The number of carbonyl (C=O) groups is 1. The number of hydrogen-bond donors (Lipinski definition) is 1. The Bertz CT molecular complexity index is 952. The average molecular weight is 364 g/mol. The van der Waals surface area contributed by atoms with Gasteiger partial charge < -0.3 is 10.6 Å². The SMILES string of the molecule is Cc1nnc(-c2ccccc2-c2cccc(C(=O)N3CC[C@@H](N)C3)c2)s1. The molecule has 2 N–H and O–H groups in total. The van der Waals surface area contributed by atoms with Gasteiger partial charge in [-0.15, -0.1) is 10.2 Å². The molecule has 1 fully saturated rings. The van der Waals surface area contributed by atoms with Crippen LogP contribution in [0.1, 0.15) is 21.8 Å². The van der Waals surface area contributed by atoms with E-state index in [0.29, 0.717) is 12.1 Å². The Morgan fingerprint density at radius 2 is 1.96 bits per heavy atom.